The Labute approximate surface area is 75.4 Å². The van der Waals surface area contributed by atoms with Gasteiger partial charge in [0.2, 0.25) is 0 Å². The Kier molecular flexibility index (Phi) is 10.8. The Balaban J connectivity index is 2.73. The summed E-state index contributed by atoms with van der Waals surface area (Å²) in [4.78, 5) is 4.71. The molecule has 0 aromatic carbocycles. The van der Waals surface area contributed by atoms with Crippen molar-refractivity contribution in [3.8, 4) is 0 Å². The van der Waals surface area contributed by atoms with Crippen molar-refractivity contribution in [2.75, 3.05) is 26.9 Å². The van der Waals surface area contributed by atoms with E-state index < -0.39 is 0 Å². The lowest BCUT2D eigenvalue weighted by Crippen LogP contribution is -2.12. The molecule has 0 aromatic heterocycles. The van der Waals surface area contributed by atoms with Crippen molar-refractivity contribution in [1.29, 1.82) is 0 Å². The lowest BCUT2D eigenvalue weighted by atomic mass is 10.2. The van der Waals surface area contributed by atoms with Crippen LogP contribution in [-0.4, -0.2) is 26.9 Å². The average molecular weight is 175 g/mol. The first-order chi connectivity index (χ1) is 5.91. The van der Waals surface area contributed by atoms with Gasteiger partial charge < -0.3 is 9.57 Å². The van der Waals surface area contributed by atoms with E-state index in [1.54, 1.807) is 7.11 Å². The first kappa shape index (κ1) is 11.9. The van der Waals surface area contributed by atoms with E-state index in [2.05, 4.69) is 5.48 Å². The summed E-state index contributed by atoms with van der Waals surface area (Å²) in [6.45, 7) is 4.73. The fourth-order valence-electron chi connectivity index (χ4n) is 1.00. The summed E-state index contributed by atoms with van der Waals surface area (Å²) in [5.74, 6) is 0. The van der Waals surface area contributed by atoms with Crippen LogP contribution in [0.3, 0.4) is 0 Å². The maximum absolute atomic E-state index is 5.22. The highest BCUT2D eigenvalue weighted by Crippen LogP contribution is 1.98. The second-order valence-corrected chi connectivity index (χ2v) is 2.71. The summed E-state index contributed by atoms with van der Waals surface area (Å²) in [5.41, 5.74) is 2.82. The van der Waals surface area contributed by atoms with Gasteiger partial charge in [-0.15, -0.1) is 0 Å². The largest absolute Gasteiger partial charge is 0.382 e. The summed E-state index contributed by atoms with van der Waals surface area (Å²) >= 11 is 0. The molecule has 0 spiro atoms. The third-order valence-electron chi connectivity index (χ3n) is 1.67. The van der Waals surface area contributed by atoms with Crippen LogP contribution in [0.25, 0.3) is 0 Å². The van der Waals surface area contributed by atoms with Gasteiger partial charge in [-0.05, 0) is 19.8 Å². The number of rotatable bonds is 9. The molecule has 0 radical (unpaired) electrons. The van der Waals surface area contributed by atoms with Gasteiger partial charge in [0.25, 0.3) is 0 Å². The van der Waals surface area contributed by atoms with Crippen molar-refractivity contribution in [2.24, 2.45) is 0 Å². The molecule has 12 heavy (non-hydrogen) atoms. The van der Waals surface area contributed by atoms with Crippen molar-refractivity contribution in [3.63, 3.8) is 0 Å². The molecule has 0 unspecified atom stereocenters. The Morgan fingerprint density at radius 1 is 1.08 bits per heavy atom. The van der Waals surface area contributed by atoms with E-state index in [9.17, 15) is 0 Å². The van der Waals surface area contributed by atoms with Gasteiger partial charge in [0.15, 0.2) is 0 Å². The number of hydroxylamine groups is 1. The molecule has 3 nitrogen and oxygen atoms in total. The van der Waals surface area contributed by atoms with E-state index in [-0.39, 0.29) is 0 Å². The Morgan fingerprint density at radius 2 is 1.83 bits per heavy atom. The lowest BCUT2D eigenvalue weighted by Gasteiger charge is -2.02. The van der Waals surface area contributed by atoms with Crippen LogP contribution in [0.1, 0.15) is 32.6 Å². The topological polar surface area (TPSA) is 30.5 Å². The highest BCUT2D eigenvalue weighted by Gasteiger charge is 1.89. The molecule has 0 saturated heterocycles. The minimum atomic E-state index is 0.839. The molecule has 74 valence electrons. The second-order valence-electron chi connectivity index (χ2n) is 2.71. The van der Waals surface area contributed by atoms with Crippen molar-refractivity contribution in [2.45, 2.75) is 32.6 Å². The van der Waals surface area contributed by atoms with Crippen LogP contribution < -0.4 is 5.48 Å². The van der Waals surface area contributed by atoms with Crippen LogP contribution in [0.2, 0.25) is 0 Å². The monoisotopic (exact) mass is 175 g/mol. The highest BCUT2D eigenvalue weighted by molar-refractivity contribution is 4.43. The van der Waals surface area contributed by atoms with E-state index in [1.165, 1.54) is 25.7 Å². The molecule has 1 N–H and O–H groups in total. The van der Waals surface area contributed by atoms with Crippen molar-refractivity contribution < 1.29 is 9.57 Å². The van der Waals surface area contributed by atoms with Crippen LogP contribution in [0.4, 0.5) is 0 Å². The number of hydrogen-bond donors (Lipinski definition) is 1. The Bertz CT molecular complexity index is 68.9. The van der Waals surface area contributed by atoms with Gasteiger partial charge in [-0.1, -0.05) is 12.8 Å². The molecule has 0 rings (SSSR count). The molecule has 3 heteroatoms. The molecule has 0 amide bonds. The van der Waals surface area contributed by atoms with Gasteiger partial charge in [0, 0.05) is 19.8 Å². The zero-order valence-electron chi connectivity index (χ0n) is 8.27. The summed E-state index contributed by atoms with van der Waals surface area (Å²) in [6, 6.07) is 0. The first-order valence-electron chi connectivity index (χ1n) is 4.75. The van der Waals surface area contributed by atoms with Gasteiger partial charge in [-0.25, -0.2) is 5.48 Å². The van der Waals surface area contributed by atoms with Crippen molar-refractivity contribution >= 4 is 0 Å². The quantitative estimate of drug-likeness (QED) is 0.427. The molecular formula is C9H21NO2. The zero-order chi connectivity index (χ0) is 9.07. The number of ether oxygens (including phenoxy) is 1. The van der Waals surface area contributed by atoms with Gasteiger partial charge in [0.05, 0.1) is 7.11 Å². The van der Waals surface area contributed by atoms with Gasteiger partial charge in [0.1, 0.15) is 0 Å². The van der Waals surface area contributed by atoms with E-state index in [0.29, 0.717) is 0 Å². The summed E-state index contributed by atoms with van der Waals surface area (Å²) in [6.07, 6.45) is 4.87. The number of unbranched alkanes of at least 4 members (excludes halogenated alkanes) is 3. The van der Waals surface area contributed by atoms with Crippen LogP contribution in [0, 0.1) is 0 Å². The Hall–Kier alpha value is -0.120. The fraction of sp³-hybridized carbons (Fsp3) is 1.00. The second kappa shape index (κ2) is 10.9. The van der Waals surface area contributed by atoms with E-state index in [0.717, 1.165) is 19.8 Å². The lowest BCUT2D eigenvalue weighted by molar-refractivity contribution is 0.0900. The molecular weight excluding hydrogens is 154 g/mol. The zero-order valence-corrected chi connectivity index (χ0v) is 8.27. The van der Waals surface area contributed by atoms with Gasteiger partial charge >= 0.3 is 0 Å². The molecule has 0 atom stereocenters. The average Bonchev–Trinajstić information content (AvgIpc) is 2.10. The van der Waals surface area contributed by atoms with Crippen molar-refractivity contribution in [3.05, 3.63) is 0 Å². The van der Waals surface area contributed by atoms with Gasteiger partial charge in [-0.3, -0.25) is 0 Å². The smallest absolute Gasteiger partial charge is 0.0572 e. The number of nitrogens with one attached hydrogen (secondary N) is 1. The summed E-state index contributed by atoms with van der Waals surface area (Å²) in [5, 5.41) is 0. The maximum Gasteiger partial charge on any atom is 0.0572 e. The van der Waals surface area contributed by atoms with E-state index in [1.807, 2.05) is 6.92 Å². The van der Waals surface area contributed by atoms with Crippen LogP contribution in [-0.2, 0) is 9.57 Å². The minimum Gasteiger partial charge on any atom is -0.382 e. The van der Waals surface area contributed by atoms with Crippen LogP contribution in [0.15, 0.2) is 0 Å². The molecule has 0 saturated carbocycles. The predicted octanol–water partition coefficient (Wildman–Crippen LogP) is 1.73. The molecule has 0 heterocycles. The standard InChI is InChI=1S/C9H21NO2/c1-3-12-9-7-5-4-6-8-10-11-2/h10H,3-9H2,1-2H3. The molecule has 0 bridgehead atoms. The molecule has 0 aromatic rings. The third-order valence-corrected chi connectivity index (χ3v) is 1.67. The maximum atomic E-state index is 5.22. The molecule has 0 aliphatic heterocycles. The molecule has 0 aliphatic rings. The van der Waals surface area contributed by atoms with Crippen LogP contribution in [0.5, 0.6) is 0 Å². The fourth-order valence-corrected chi connectivity index (χ4v) is 1.00. The minimum absolute atomic E-state index is 0.839. The van der Waals surface area contributed by atoms with E-state index in [4.69, 9.17) is 9.57 Å². The summed E-state index contributed by atoms with van der Waals surface area (Å²) < 4.78 is 5.22. The van der Waals surface area contributed by atoms with Crippen LogP contribution >= 0.6 is 0 Å². The van der Waals surface area contributed by atoms with Gasteiger partial charge in [-0.2, -0.15) is 0 Å². The summed E-state index contributed by atoms with van der Waals surface area (Å²) in [7, 11) is 1.65. The predicted molar refractivity (Wildman–Crippen MR) is 50.0 cm³/mol. The molecule has 0 aliphatic carbocycles. The molecule has 0 fully saturated rings. The normalized spacial score (nSPS) is 10.5. The Morgan fingerprint density at radius 3 is 2.50 bits per heavy atom. The first-order valence-corrected chi connectivity index (χ1v) is 4.75. The highest BCUT2D eigenvalue weighted by atomic mass is 16.6. The van der Waals surface area contributed by atoms with Crippen molar-refractivity contribution in [1.82, 2.24) is 5.48 Å². The third kappa shape index (κ3) is 9.88. The SMILES string of the molecule is CCOCCCCCCNOC. The van der Waals surface area contributed by atoms with E-state index >= 15 is 0 Å². The number of hydrogen-bond acceptors (Lipinski definition) is 3.